The molecule has 0 fully saturated rings. The summed E-state index contributed by atoms with van der Waals surface area (Å²) in [5.41, 5.74) is -1.12. The van der Waals surface area contributed by atoms with E-state index in [0.717, 1.165) is 44.9 Å². The fourth-order valence-corrected chi connectivity index (χ4v) is 2.58. The van der Waals surface area contributed by atoms with Crippen LogP contribution in [0.1, 0.15) is 99.3 Å². The third kappa shape index (κ3) is 18.0. The van der Waals surface area contributed by atoms with E-state index in [-0.39, 0.29) is 50.3 Å². The lowest BCUT2D eigenvalue weighted by atomic mass is 9.97. The minimum Gasteiger partial charge on any atom is -0.462 e. The lowest BCUT2D eigenvalue weighted by Gasteiger charge is -2.16. The number of hydrogen-bond acceptors (Lipinski definition) is 8. The second kappa shape index (κ2) is 16.5. The van der Waals surface area contributed by atoms with E-state index in [4.69, 9.17) is 18.9 Å². The van der Waals surface area contributed by atoms with Crippen molar-refractivity contribution in [1.29, 1.82) is 0 Å². The Morgan fingerprint density at radius 1 is 0.455 bits per heavy atom. The molecule has 0 rings (SSSR count). The summed E-state index contributed by atoms with van der Waals surface area (Å²) in [6, 6.07) is 0. The molecule has 0 N–H and O–H groups in total. The summed E-state index contributed by atoms with van der Waals surface area (Å²) in [5, 5.41) is 0. The maximum Gasteiger partial charge on any atom is 0.311 e. The number of esters is 4. The van der Waals surface area contributed by atoms with Crippen molar-refractivity contribution in [3.63, 3.8) is 0 Å². The van der Waals surface area contributed by atoms with Gasteiger partial charge in [-0.25, -0.2) is 0 Å². The van der Waals surface area contributed by atoms with Crippen molar-refractivity contribution < 1.29 is 38.1 Å². The molecule has 0 aliphatic rings. The molecule has 0 heterocycles. The van der Waals surface area contributed by atoms with Crippen LogP contribution in [0.2, 0.25) is 0 Å². The third-order valence-corrected chi connectivity index (χ3v) is 4.65. The number of carbonyl (C=O) groups excluding carboxylic acids is 4. The highest BCUT2D eigenvalue weighted by atomic mass is 16.6. The Balaban J connectivity index is 3.48. The molecule has 0 aromatic rings. The van der Waals surface area contributed by atoms with Crippen molar-refractivity contribution in [3.05, 3.63) is 0 Å². The van der Waals surface area contributed by atoms with Crippen LogP contribution >= 0.6 is 0 Å². The Kier molecular flexibility index (Phi) is 15.4. The molecule has 0 aromatic carbocycles. The molecule has 0 unspecified atom stereocenters. The maximum absolute atomic E-state index is 11.7. The van der Waals surface area contributed by atoms with E-state index in [1.165, 1.54) is 0 Å². The molecule has 8 nitrogen and oxygen atoms in total. The zero-order chi connectivity index (χ0) is 25.3. The van der Waals surface area contributed by atoms with Gasteiger partial charge in [0.05, 0.1) is 10.8 Å². The molecule has 0 saturated heterocycles. The van der Waals surface area contributed by atoms with Crippen LogP contribution in [0.5, 0.6) is 0 Å². The molecule has 0 aromatic heterocycles. The van der Waals surface area contributed by atoms with Crippen molar-refractivity contribution in [2.24, 2.45) is 10.8 Å². The molecule has 0 atom stereocenters. The predicted octanol–water partition coefficient (Wildman–Crippen LogP) is 4.76. The van der Waals surface area contributed by atoms with Crippen LogP contribution in [0.15, 0.2) is 0 Å². The van der Waals surface area contributed by atoms with Gasteiger partial charge in [-0.3, -0.25) is 19.2 Å². The molecule has 8 heteroatoms. The van der Waals surface area contributed by atoms with Gasteiger partial charge in [0.1, 0.15) is 26.4 Å². The van der Waals surface area contributed by atoms with Gasteiger partial charge in [-0.2, -0.15) is 0 Å². The van der Waals surface area contributed by atoms with Gasteiger partial charge in [0, 0.05) is 12.8 Å². The topological polar surface area (TPSA) is 105 Å². The summed E-state index contributed by atoms with van der Waals surface area (Å²) in [6.07, 6.45) is 7.27. The van der Waals surface area contributed by atoms with E-state index >= 15 is 0 Å². The highest BCUT2D eigenvalue weighted by Crippen LogP contribution is 2.16. The number of hydrogen-bond donors (Lipinski definition) is 0. The zero-order valence-corrected chi connectivity index (χ0v) is 21.5. The predicted molar refractivity (Wildman–Crippen MR) is 124 cm³/mol. The number of ether oxygens (including phenoxy) is 4. The van der Waals surface area contributed by atoms with Crippen LogP contribution in [0.25, 0.3) is 0 Å². The maximum atomic E-state index is 11.7. The summed E-state index contributed by atoms with van der Waals surface area (Å²) < 4.78 is 20.2. The molecule has 0 radical (unpaired) electrons. The number of unbranched alkanes of at least 4 members (excludes halogenated alkanes) is 6. The van der Waals surface area contributed by atoms with Crippen molar-refractivity contribution in [2.45, 2.75) is 99.3 Å². The van der Waals surface area contributed by atoms with Gasteiger partial charge in [0.2, 0.25) is 0 Å². The highest BCUT2D eigenvalue weighted by molar-refractivity contribution is 5.75. The van der Waals surface area contributed by atoms with E-state index in [1.54, 1.807) is 41.5 Å². The van der Waals surface area contributed by atoms with Crippen molar-refractivity contribution >= 4 is 23.9 Å². The molecule has 0 aliphatic heterocycles. The second-order valence-electron chi connectivity index (χ2n) is 10.2. The summed E-state index contributed by atoms with van der Waals surface area (Å²) in [6.45, 7) is 11.0. The van der Waals surface area contributed by atoms with Gasteiger partial charge < -0.3 is 18.9 Å². The largest absolute Gasteiger partial charge is 0.462 e. The molecule has 33 heavy (non-hydrogen) atoms. The van der Waals surface area contributed by atoms with Crippen LogP contribution in [0.3, 0.4) is 0 Å². The Morgan fingerprint density at radius 3 is 1.03 bits per heavy atom. The van der Waals surface area contributed by atoms with Crippen LogP contribution < -0.4 is 0 Å². The molecule has 0 spiro atoms. The zero-order valence-electron chi connectivity index (χ0n) is 21.5. The molecular formula is C25H44O8. The van der Waals surface area contributed by atoms with Crippen molar-refractivity contribution in [2.75, 3.05) is 26.4 Å². The Hall–Kier alpha value is -2.12. The van der Waals surface area contributed by atoms with E-state index in [9.17, 15) is 19.2 Å². The van der Waals surface area contributed by atoms with Crippen LogP contribution in [0, 0.1) is 10.8 Å². The van der Waals surface area contributed by atoms with Gasteiger partial charge in [0.25, 0.3) is 0 Å². The standard InChI is InChI=1S/C25H44O8/c1-24(2,3)22(28)32-18-16-30-20(26)14-12-10-8-7-9-11-13-15-21(27)31-17-19-33-23(29)25(4,5)6/h7-19H2,1-6H3. The fraction of sp³-hybridized carbons (Fsp3) is 0.840. The van der Waals surface area contributed by atoms with E-state index < -0.39 is 10.8 Å². The molecule has 0 bridgehead atoms. The van der Waals surface area contributed by atoms with Gasteiger partial charge in [-0.05, 0) is 54.4 Å². The monoisotopic (exact) mass is 472 g/mol. The van der Waals surface area contributed by atoms with Crippen molar-refractivity contribution in [3.8, 4) is 0 Å². The van der Waals surface area contributed by atoms with E-state index in [2.05, 4.69) is 0 Å². The fourth-order valence-electron chi connectivity index (χ4n) is 2.58. The molecule has 192 valence electrons. The minimum absolute atomic E-state index is 0.0834. The average molecular weight is 473 g/mol. The van der Waals surface area contributed by atoms with E-state index in [0.29, 0.717) is 12.8 Å². The van der Waals surface area contributed by atoms with Gasteiger partial charge >= 0.3 is 23.9 Å². The Morgan fingerprint density at radius 2 is 0.727 bits per heavy atom. The SMILES string of the molecule is CC(C)(C)C(=O)OCCOC(=O)CCCCCCCCCC(=O)OCCOC(=O)C(C)(C)C. The lowest BCUT2D eigenvalue weighted by Crippen LogP contribution is -2.24. The summed E-state index contributed by atoms with van der Waals surface area (Å²) >= 11 is 0. The second-order valence-corrected chi connectivity index (χ2v) is 10.2. The molecular weight excluding hydrogens is 428 g/mol. The molecule has 0 amide bonds. The van der Waals surface area contributed by atoms with Gasteiger partial charge in [-0.15, -0.1) is 0 Å². The average Bonchev–Trinajstić information content (AvgIpc) is 2.71. The third-order valence-electron chi connectivity index (χ3n) is 4.65. The Labute approximate surface area is 199 Å². The molecule has 0 saturated carbocycles. The summed E-state index contributed by atoms with van der Waals surface area (Å²) in [5.74, 6) is -1.16. The minimum atomic E-state index is -0.558. The number of rotatable bonds is 16. The number of carbonyl (C=O) groups is 4. The molecule has 0 aliphatic carbocycles. The first kappa shape index (κ1) is 30.9. The summed E-state index contributed by atoms with van der Waals surface area (Å²) in [7, 11) is 0. The van der Waals surface area contributed by atoms with Crippen LogP contribution in [-0.2, 0) is 38.1 Å². The van der Waals surface area contributed by atoms with Gasteiger partial charge in [-0.1, -0.05) is 32.1 Å². The van der Waals surface area contributed by atoms with Crippen LogP contribution in [0.4, 0.5) is 0 Å². The van der Waals surface area contributed by atoms with Gasteiger partial charge in [0.15, 0.2) is 0 Å². The first-order valence-electron chi connectivity index (χ1n) is 12.0. The van der Waals surface area contributed by atoms with Crippen LogP contribution in [-0.4, -0.2) is 50.3 Å². The normalized spacial score (nSPS) is 11.6. The highest BCUT2D eigenvalue weighted by Gasteiger charge is 2.23. The first-order valence-corrected chi connectivity index (χ1v) is 12.0. The lowest BCUT2D eigenvalue weighted by molar-refractivity contribution is -0.158. The quantitative estimate of drug-likeness (QED) is 0.180. The first-order chi connectivity index (χ1) is 15.3. The summed E-state index contributed by atoms with van der Waals surface area (Å²) in [4.78, 5) is 46.5. The smallest absolute Gasteiger partial charge is 0.311 e. The Bertz CT molecular complexity index is 547. The van der Waals surface area contributed by atoms with Crippen molar-refractivity contribution in [1.82, 2.24) is 0 Å². The van der Waals surface area contributed by atoms with E-state index in [1.807, 2.05) is 0 Å².